The fourth-order valence-corrected chi connectivity index (χ4v) is 5.63. The van der Waals surface area contributed by atoms with E-state index in [9.17, 15) is 13.9 Å². The van der Waals surface area contributed by atoms with Crippen molar-refractivity contribution in [2.24, 2.45) is 11.1 Å². The summed E-state index contributed by atoms with van der Waals surface area (Å²) in [5, 5.41) is 18.4. The minimum absolute atomic E-state index is 0. The third kappa shape index (κ3) is 16.4. The van der Waals surface area contributed by atoms with Crippen LogP contribution in [0.2, 0.25) is 0 Å². The molecular formula is C26H43ClN2O11P2. The third-order valence-electron chi connectivity index (χ3n) is 4.72. The van der Waals surface area contributed by atoms with Crippen molar-refractivity contribution in [2.45, 2.75) is 41.5 Å². The predicted molar refractivity (Wildman–Crippen MR) is 163 cm³/mol. The minimum atomic E-state index is -3.23. The van der Waals surface area contributed by atoms with Crippen LogP contribution in [0.3, 0.4) is 0 Å². The average Bonchev–Trinajstić information content (AvgIpc) is 2.97. The summed E-state index contributed by atoms with van der Waals surface area (Å²) < 4.78 is 55.8. The Hall–Kier alpha value is -2.31. The van der Waals surface area contributed by atoms with Crippen LogP contribution < -0.4 is 15.4 Å². The van der Waals surface area contributed by atoms with Crippen LogP contribution in [0.4, 0.5) is 0 Å². The predicted octanol–water partition coefficient (Wildman–Crippen LogP) is 6.73. The van der Waals surface area contributed by atoms with Crippen molar-refractivity contribution in [3.63, 3.8) is 0 Å². The number of nitrogens with two attached hydrogens (primary N) is 1. The van der Waals surface area contributed by atoms with Gasteiger partial charge in [0.05, 0.1) is 32.1 Å². The summed E-state index contributed by atoms with van der Waals surface area (Å²) in [5.41, 5.74) is 1.72. The molecule has 0 heterocycles. The summed E-state index contributed by atoms with van der Waals surface area (Å²) in [5.74, 6) is 4.42. The van der Waals surface area contributed by atoms with Gasteiger partial charge in [0.15, 0.2) is 18.5 Å². The number of rotatable bonds is 16. The Bertz CT molecular complexity index is 1150. The molecule has 42 heavy (non-hydrogen) atoms. The van der Waals surface area contributed by atoms with Crippen molar-refractivity contribution in [3.8, 4) is 11.5 Å². The molecule has 0 saturated carbocycles. The second-order valence-corrected chi connectivity index (χ2v) is 11.7. The molecule has 2 aromatic carbocycles. The highest BCUT2D eigenvalue weighted by molar-refractivity contribution is 7.53. The van der Waals surface area contributed by atoms with Gasteiger partial charge in [0.25, 0.3) is 0 Å². The first-order valence-corrected chi connectivity index (χ1v) is 16.2. The van der Waals surface area contributed by atoms with Crippen LogP contribution in [0.5, 0.6) is 11.5 Å². The van der Waals surface area contributed by atoms with Crippen molar-refractivity contribution in [1.82, 2.24) is 0 Å². The Kier molecular flexibility index (Phi) is 23.1. The van der Waals surface area contributed by atoms with Crippen LogP contribution in [0.15, 0.2) is 53.7 Å². The van der Waals surface area contributed by atoms with E-state index in [1.54, 1.807) is 83.1 Å². The van der Waals surface area contributed by atoms with E-state index in [4.69, 9.17) is 38.0 Å². The molecule has 2 rings (SSSR count). The van der Waals surface area contributed by atoms with E-state index >= 15 is 0 Å². The summed E-state index contributed by atoms with van der Waals surface area (Å²) in [6.07, 6.45) is -0.330. The zero-order valence-electron chi connectivity index (χ0n) is 24.8. The lowest BCUT2D eigenvalue weighted by atomic mass is 10.1. The van der Waals surface area contributed by atoms with Crippen molar-refractivity contribution >= 4 is 39.1 Å². The Balaban J connectivity index is 0. The highest BCUT2D eigenvalue weighted by Crippen LogP contribution is 2.48. The Labute approximate surface area is 253 Å². The maximum atomic E-state index is 12.2. The van der Waals surface area contributed by atoms with Crippen LogP contribution in [0.1, 0.15) is 57.5 Å². The van der Waals surface area contributed by atoms with Crippen LogP contribution in [0.25, 0.3) is 0 Å². The number of Topliss-reactive ketones (excluding diaryl/α,β-unsaturated/α-hetero) is 1. The van der Waals surface area contributed by atoms with Gasteiger partial charge >= 0.3 is 15.2 Å². The first kappa shape index (κ1) is 41.8. The number of carbonyl (C=O) groups is 1. The summed E-state index contributed by atoms with van der Waals surface area (Å²) in [6, 6.07) is 13.6. The number of oxime groups is 1. The topological polar surface area (TPSA) is 185 Å². The number of benzene rings is 2. The van der Waals surface area contributed by atoms with E-state index in [1.807, 2.05) is 0 Å². The molecule has 0 unspecified atom stereocenters. The largest absolute Gasteiger partial charge is 0.481 e. The quantitative estimate of drug-likeness (QED) is 0.0569. The number of nitrogens with zero attached hydrogens (tertiary/aromatic N) is 1. The molecule has 0 aliphatic heterocycles. The van der Waals surface area contributed by atoms with Gasteiger partial charge in [-0.1, -0.05) is 29.4 Å². The van der Waals surface area contributed by atoms with Gasteiger partial charge in [-0.05, 0) is 65.8 Å². The molecule has 0 atom stereocenters. The van der Waals surface area contributed by atoms with Crippen LogP contribution in [0, 0.1) is 0 Å². The molecule has 0 fully saturated rings. The molecule has 0 amide bonds. The number of ether oxygens (including phenoxy) is 2. The molecule has 13 nitrogen and oxygen atoms in total. The molecule has 0 aromatic heterocycles. The summed E-state index contributed by atoms with van der Waals surface area (Å²) >= 11 is 0. The molecule has 0 bridgehead atoms. The fraction of sp³-hybridized carbons (Fsp3) is 0.462. The molecular weight excluding hydrogens is 614 g/mol. The fourth-order valence-electron chi connectivity index (χ4n) is 2.99. The lowest BCUT2D eigenvalue weighted by Crippen LogP contribution is -2.06. The Morgan fingerprint density at radius 3 is 1.43 bits per heavy atom. The number of carbonyl (C=O) groups excluding carboxylic acids is 1. The van der Waals surface area contributed by atoms with Gasteiger partial charge in [-0.3, -0.25) is 13.9 Å². The standard InChI is InChI=1S/C13H20NO5P.C13H19O5P.ClH.H3NO/c1-4-18-20(16,19-5-2)10-17-13-8-6-7-12(9-13)11(3)14-15;1-4-17-19(15,18-5-2)10-16-13-8-6-7-12(9-13)11(3)14;;1-2/h6-9,15H,4-5,10H2,1-3H3;6-9H,4-5,10H2,1-3H3;1H;2H,1H2/b14-11+;;;. The molecule has 16 heteroatoms. The van der Waals surface area contributed by atoms with Gasteiger partial charge in [-0.15, -0.1) is 12.4 Å². The van der Waals surface area contributed by atoms with Crippen molar-refractivity contribution in [2.75, 3.05) is 39.1 Å². The van der Waals surface area contributed by atoms with E-state index in [0.717, 1.165) is 0 Å². The van der Waals surface area contributed by atoms with Gasteiger partial charge < -0.3 is 38.0 Å². The highest BCUT2D eigenvalue weighted by Gasteiger charge is 2.25. The number of halogens is 1. The van der Waals surface area contributed by atoms with E-state index in [-0.39, 0.29) is 57.3 Å². The minimum Gasteiger partial charge on any atom is -0.481 e. The van der Waals surface area contributed by atoms with Crippen molar-refractivity contribution in [3.05, 3.63) is 59.7 Å². The zero-order chi connectivity index (χ0) is 31.3. The highest BCUT2D eigenvalue weighted by atomic mass is 35.5. The van der Waals surface area contributed by atoms with Gasteiger partial charge in [-0.2, -0.15) is 0 Å². The van der Waals surface area contributed by atoms with Crippen molar-refractivity contribution < 1.29 is 51.9 Å². The van der Waals surface area contributed by atoms with Crippen molar-refractivity contribution in [1.29, 1.82) is 0 Å². The molecule has 0 radical (unpaired) electrons. The van der Waals surface area contributed by atoms with E-state index in [1.165, 1.54) is 6.92 Å². The van der Waals surface area contributed by atoms with Gasteiger partial charge in [-0.25, -0.2) is 5.90 Å². The average molecular weight is 657 g/mol. The SMILES string of the molecule is CCOP(=O)(COc1cccc(/C(C)=N/O)c1)OCC.CCOP(=O)(COc1cccc(C(C)=O)c1)OCC.Cl.NO. The molecule has 240 valence electrons. The lowest BCUT2D eigenvalue weighted by Gasteiger charge is -2.17. The van der Waals surface area contributed by atoms with Gasteiger partial charge in [0.1, 0.15) is 11.5 Å². The summed E-state index contributed by atoms with van der Waals surface area (Å²) in [4.78, 5) is 11.2. The number of hydrogen-bond donors (Lipinski definition) is 3. The van der Waals surface area contributed by atoms with Gasteiger partial charge in [0, 0.05) is 11.1 Å². The third-order valence-corrected chi connectivity index (χ3v) is 8.22. The lowest BCUT2D eigenvalue weighted by molar-refractivity contribution is 0.101. The molecule has 0 spiro atoms. The zero-order valence-corrected chi connectivity index (χ0v) is 27.4. The second kappa shape index (κ2) is 23.2. The Morgan fingerprint density at radius 2 is 1.10 bits per heavy atom. The smallest absolute Gasteiger partial charge is 0.367 e. The van der Waals surface area contributed by atoms with Gasteiger partial charge in [0.2, 0.25) is 0 Å². The summed E-state index contributed by atoms with van der Waals surface area (Å²) in [7, 11) is -6.46. The maximum Gasteiger partial charge on any atom is 0.367 e. The van der Waals surface area contributed by atoms with E-state index in [2.05, 4.69) is 11.1 Å². The first-order valence-electron chi connectivity index (χ1n) is 12.7. The molecule has 0 aliphatic rings. The molecule has 2 aromatic rings. The molecule has 0 aliphatic carbocycles. The van der Waals surface area contributed by atoms with E-state index in [0.29, 0.717) is 28.3 Å². The summed E-state index contributed by atoms with van der Waals surface area (Å²) in [6.45, 7) is 11.3. The first-order chi connectivity index (χ1) is 19.5. The Morgan fingerprint density at radius 1 is 0.738 bits per heavy atom. The second-order valence-electron chi connectivity index (χ2n) is 7.74. The monoisotopic (exact) mass is 656 g/mol. The van der Waals surface area contributed by atoms with E-state index < -0.39 is 15.2 Å². The molecule has 0 saturated heterocycles. The maximum absolute atomic E-state index is 12.2. The number of hydrogen-bond acceptors (Lipinski definition) is 13. The normalized spacial score (nSPS) is 11.2. The van der Waals surface area contributed by atoms with Crippen LogP contribution >= 0.6 is 27.6 Å². The van der Waals surface area contributed by atoms with Crippen LogP contribution in [-0.4, -0.2) is 61.0 Å². The number of ketones is 1. The van der Waals surface area contributed by atoms with Crippen LogP contribution in [-0.2, 0) is 27.2 Å². The molecule has 4 N–H and O–H groups in total.